The molecule has 8 heteroatoms. The first-order chi connectivity index (χ1) is 10.8. The fourth-order valence-corrected chi connectivity index (χ4v) is 3.65. The van der Waals surface area contributed by atoms with Gasteiger partial charge in [-0.3, -0.25) is 4.72 Å². The molecular formula is C15H21N3O3S2. The summed E-state index contributed by atoms with van der Waals surface area (Å²) in [6.45, 7) is 4.66. The number of ether oxygens (including phenoxy) is 1. The van der Waals surface area contributed by atoms with Crippen LogP contribution in [0.5, 0.6) is 0 Å². The zero-order valence-electron chi connectivity index (χ0n) is 13.6. The molecule has 0 unspecified atom stereocenters. The van der Waals surface area contributed by atoms with Gasteiger partial charge in [0, 0.05) is 29.3 Å². The van der Waals surface area contributed by atoms with Crippen LogP contribution < -0.4 is 10.0 Å². The van der Waals surface area contributed by atoms with Gasteiger partial charge in [0.15, 0.2) is 5.13 Å². The van der Waals surface area contributed by atoms with Crippen molar-refractivity contribution in [2.75, 3.05) is 30.0 Å². The van der Waals surface area contributed by atoms with Crippen molar-refractivity contribution in [3.05, 3.63) is 29.1 Å². The van der Waals surface area contributed by atoms with Gasteiger partial charge in [-0.05, 0) is 26.0 Å². The zero-order valence-corrected chi connectivity index (χ0v) is 15.2. The molecule has 0 aliphatic heterocycles. The van der Waals surface area contributed by atoms with Crippen molar-refractivity contribution in [2.45, 2.75) is 19.9 Å². The maximum absolute atomic E-state index is 11.2. The number of nitrogens with one attached hydrogen (secondary N) is 2. The molecule has 0 bridgehead atoms. The van der Waals surface area contributed by atoms with Crippen molar-refractivity contribution < 1.29 is 13.2 Å². The molecule has 23 heavy (non-hydrogen) atoms. The van der Waals surface area contributed by atoms with Crippen LogP contribution in [0.3, 0.4) is 0 Å². The number of thiazole rings is 1. The van der Waals surface area contributed by atoms with Crippen LogP contribution in [0.15, 0.2) is 24.3 Å². The van der Waals surface area contributed by atoms with Gasteiger partial charge < -0.3 is 10.1 Å². The molecule has 0 saturated carbocycles. The van der Waals surface area contributed by atoms with Crippen molar-refractivity contribution in [1.29, 1.82) is 0 Å². The summed E-state index contributed by atoms with van der Waals surface area (Å²) >= 11 is 1.59. The van der Waals surface area contributed by atoms with E-state index in [1.807, 2.05) is 26.0 Å². The average molecular weight is 355 g/mol. The highest BCUT2D eigenvalue weighted by Gasteiger charge is 2.12. The fraction of sp³-hybridized carbons (Fsp3) is 0.400. The number of aromatic nitrogens is 1. The number of hydrogen-bond acceptors (Lipinski definition) is 6. The van der Waals surface area contributed by atoms with E-state index in [9.17, 15) is 8.42 Å². The lowest BCUT2D eigenvalue weighted by Gasteiger charge is -2.10. The summed E-state index contributed by atoms with van der Waals surface area (Å²) in [5.41, 5.74) is 2.38. The first kappa shape index (κ1) is 17.7. The van der Waals surface area contributed by atoms with Crippen LogP contribution in [0.1, 0.15) is 11.8 Å². The summed E-state index contributed by atoms with van der Waals surface area (Å²) in [4.78, 5) is 5.72. The quantitative estimate of drug-likeness (QED) is 0.798. The van der Waals surface area contributed by atoms with Crippen molar-refractivity contribution in [1.82, 2.24) is 4.98 Å². The maximum Gasteiger partial charge on any atom is 0.229 e. The first-order valence-corrected chi connectivity index (χ1v) is 9.80. The lowest BCUT2D eigenvalue weighted by molar-refractivity contribution is 0.190. The first-order valence-electron chi connectivity index (χ1n) is 7.09. The Morgan fingerprint density at radius 1 is 1.30 bits per heavy atom. The minimum Gasteiger partial charge on any atom is -0.383 e. The van der Waals surface area contributed by atoms with Crippen LogP contribution in [0, 0.1) is 6.92 Å². The lowest BCUT2D eigenvalue weighted by atomic mass is 10.1. The Bertz CT molecular complexity index is 755. The minimum absolute atomic E-state index is 0.180. The Morgan fingerprint density at radius 3 is 2.52 bits per heavy atom. The second-order valence-electron chi connectivity index (χ2n) is 5.38. The standard InChI is InChI=1S/C15H21N3O3S2/c1-10(9-21-3)16-15-17-14(11(2)22-15)12-5-7-13(8-6-12)18-23(4,19)20/h5-8,10,18H,9H2,1-4H3,(H,16,17)/t10-/m0/s1. The number of methoxy groups -OCH3 is 1. The van der Waals surface area contributed by atoms with Gasteiger partial charge in [-0.25, -0.2) is 13.4 Å². The van der Waals surface area contributed by atoms with E-state index in [1.54, 1.807) is 30.6 Å². The molecule has 0 aliphatic carbocycles. The maximum atomic E-state index is 11.2. The molecule has 1 aromatic heterocycles. The molecular weight excluding hydrogens is 334 g/mol. The van der Waals surface area contributed by atoms with Gasteiger partial charge in [0.1, 0.15) is 0 Å². The highest BCUT2D eigenvalue weighted by atomic mass is 32.2. The molecule has 2 aromatic rings. The minimum atomic E-state index is -3.26. The number of rotatable bonds is 7. The van der Waals surface area contributed by atoms with E-state index >= 15 is 0 Å². The Labute approximate surface area is 141 Å². The van der Waals surface area contributed by atoms with E-state index in [0.717, 1.165) is 27.5 Å². The fourth-order valence-electron chi connectivity index (χ4n) is 2.14. The molecule has 0 amide bonds. The van der Waals surface area contributed by atoms with Crippen molar-refractivity contribution >= 4 is 32.2 Å². The van der Waals surface area contributed by atoms with Crippen LogP contribution in [0.25, 0.3) is 11.3 Å². The summed E-state index contributed by atoms with van der Waals surface area (Å²) in [6, 6.07) is 7.36. The highest BCUT2D eigenvalue weighted by molar-refractivity contribution is 7.92. The number of nitrogens with zero attached hydrogens (tertiary/aromatic N) is 1. The molecule has 0 aliphatic rings. The third kappa shape index (κ3) is 5.19. The van der Waals surface area contributed by atoms with Gasteiger partial charge in [0.25, 0.3) is 0 Å². The van der Waals surface area contributed by atoms with Crippen LogP contribution in [-0.4, -0.2) is 39.4 Å². The third-order valence-electron chi connectivity index (χ3n) is 3.04. The van der Waals surface area contributed by atoms with Crippen molar-refractivity contribution in [3.8, 4) is 11.3 Å². The van der Waals surface area contributed by atoms with Gasteiger partial charge in [-0.15, -0.1) is 11.3 Å². The number of anilines is 2. The van der Waals surface area contributed by atoms with Crippen molar-refractivity contribution in [2.24, 2.45) is 0 Å². The summed E-state index contributed by atoms with van der Waals surface area (Å²) in [6.07, 6.45) is 1.13. The summed E-state index contributed by atoms with van der Waals surface area (Å²) in [5, 5.41) is 4.15. The van der Waals surface area contributed by atoms with Gasteiger partial charge in [0.2, 0.25) is 10.0 Å². The predicted octanol–water partition coefficient (Wildman–Crippen LogP) is 2.94. The number of hydrogen-bond donors (Lipinski definition) is 2. The Balaban J connectivity index is 2.17. The molecule has 1 aromatic carbocycles. The van der Waals surface area contributed by atoms with Crippen LogP contribution in [0.4, 0.5) is 10.8 Å². The molecule has 2 N–H and O–H groups in total. The summed E-state index contributed by atoms with van der Waals surface area (Å²) < 4.78 is 30.0. The number of benzene rings is 1. The number of sulfonamides is 1. The Kier molecular flexibility index (Phi) is 5.61. The zero-order chi connectivity index (χ0) is 17.0. The van der Waals surface area contributed by atoms with Crippen LogP contribution >= 0.6 is 11.3 Å². The Morgan fingerprint density at radius 2 is 1.96 bits per heavy atom. The van der Waals surface area contributed by atoms with Crippen molar-refractivity contribution in [3.63, 3.8) is 0 Å². The van der Waals surface area contributed by atoms with Gasteiger partial charge in [-0.2, -0.15) is 0 Å². The largest absolute Gasteiger partial charge is 0.383 e. The normalized spacial score (nSPS) is 12.9. The summed E-state index contributed by atoms with van der Waals surface area (Å²) in [5.74, 6) is 0. The Hall–Kier alpha value is -1.64. The van der Waals surface area contributed by atoms with Crippen LogP contribution in [0.2, 0.25) is 0 Å². The predicted molar refractivity (Wildman–Crippen MR) is 95.7 cm³/mol. The SMILES string of the molecule is COC[C@H](C)Nc1nc(-c2ccc(NS(C)(=O)=O)cc2)c(C)s1. The molecule has 0 radical (unpaired) electrons. The van der Waals surface area contributed by atoms with Crippen LogP contribution in [-0.2, 0) is 14.8 Å². The second-order valence-corrected chi connectivity index (χ2v) is 8.33. The molecule has 0 spiro atoms. The molecule has 0 saturated heterocycles. The van der Waals surface area contributed by atoms with E-state index in [4.69, 9.17) is 4.74 Å². The topological polar surface area (TPSA) is 80.3 Å². The molecule has 2 rings (SSSR count). The van der Waals surface area contributed by atoms with E-state index in [0.29, 0.717) is 12.3 Å². The molecule has 0 fully saturated rings. The average Bonchev–Trinajstić information content (AvgIpc) is 2.79. The van der Waals surface area contributed by atoms with E-state index < -0.39 is 10.0 Å². The van der Waals surface area contributed by atoms with E-state index in [-0.39, 0.29) is 6.04 Å². The van der Waals surface area contributed by atoms with Gasteiger partial charge in [-0.1, -0.05) is 12.1 Å². The smallest absolute Gasteiger partial charge is 0.229 e. The van der Waals surface area contributed by atoms with E-state index in [2.05, 4.69) is 15.0 Å². The highest BCUT2D eigenvalue weighted by Crippen LogP contribution is 2.31. The molecule has 126 valence electrons. The van der Waals surface area contributed by atoms with E-state index in [1.165, 1.54) is 0 Å². The molecule has 1 atom stereocenters. The molecule has 6 nitrogen and oxygen atoms in total. The summed E-state index contributed by atoms with van der Waals surface area (Å²) in [7, 11) is -1.59. The second kappa shape index (κ2) is 7.29. The lowest BCUT2D eigenvalue weighted by Crippen LogP contribution is -2.20. The molecule has 1 heterocycles. The third-order valence-corrected chi connectivity index (χ3v) is 4.55. The van der Waals surface area contributed by atoms with Gasteiger partial charge >= 0.3 is 0 Å². The van der Waals surface area contributed by atoms with Gasteiger partial charge in [0.05, 0.1) is 18.6 Å². The number of aryl methyl sites for hydroxylation is 1. The monoisotopic (exact) mass is 355 g/mol.